The van der Waals surface area contributed by atoms with Gasteiger partial charge in [0.15, 0.2) is 11.7 Å². The zero-order valence-corrected chi connectivity index (χ0v) is 5.94. The first-order chi connectivity index (χ1) is 5.77. The third kappa shape index (κ3) is 0.952. The highest BCUT2D eigenvalue weighted by Crippen LogP contribution is 2.06. The quantitative estimate of drug-likeness (QED) is 0.322. The highest BCUT2D eigenvalue weighted by Gasteiger charge is 2.02. The minimum atomic E-state index is -0.615. The fraction of sp³-hybridized carbons (Fsp3) is 0. The Bertz CT molecular complexity index is 432. The van der Waals surface area contributed by atoms with Crippen molar-refractivity contribution in [3.8, 4) is 0 Å². The third-order valence-electron chi connectivity index (χ3n) is 1.50. The summed E-state index contributed by atoms with van der Waals surface area (Å²) in [4.78, 5) is 6.96. The fourth-order valence-corrected chi connectivity index (χ4v) is 0.961. The molecule has 12 heavy (non-hydrogen) atoms. The van der Waals surface area contributed by atoms with Crippen molar-refractivity contribution in [2.24, 2.45) is 0 Å². The first-order valence-corrected chi connectivity index (χ1v) is 3.26. The second kappa shape index (κ2) is 2.37. The average Bonchev–Trinajstić information content (AvgIpc) is 2.04. The Hall–Kier alpha value is -1.78. The molecule has 5 heteroatoms. The van der Waals surface area contributed by atoms with Crippen LogP contribution in [-0.2, 0) is 0 Å². The summed E-state index contributed by atoms with van der Waals surface area (Å²) in [5, 5.41) is 11.4. The average molecular weight is 165 g/mol. The van der Waals surface area contributed by atoms with Crippen molar-refractivity contribution in [1.82, 2.24) is 9.97 Å². The van der Waals surface area contributed by atoms with Gasteiger partial charge < -0.3 is 5.21 Å². The maximum Gasteiger partial charge on any atom is 0.289 e. The lowest BCUT2D eigenvalue weighted by Gasteiger charge is -2.01. The number of pyridine rings is 1. The standard InChI is InChI=1S/C7H4FN3O/c8-7-1-5-2-9-4-11(12)6(5)3-10-7/h1-4H. The van der Waals surface area contributed by atoms with Gasteiger partial charge in [0.25, 0.3) is 6.33 Å². The van der Waals surface area contributed by atoms with Gasteiger partial charge in [-0.3, -0.25) is 0 Å². The van der Waals surface area contributed by atoms with Gasteiger partial charge in [-0.1, -0.05) is 4.98 Å². The molecule has 4 nitrogen and oxygen atoms in total. The Morgan fingerprint density at radius 3 is 3.08 bits per heavy atom. The monoisotopic (exact) mass is 165 g/mol. The molecule has 0 fully saturated rings. The number of rotatable bonds is 0. The van der Waals surface area contributed by atoms with E-state index < -0.39 is 5.95 Å². The summed E-state index contributed by atoms with van der Waals surface area (Å²) in [5.74, 6) is -0.615. The summed E-state index contributed by atoms with van der Waals surface area (Å²) in [6.45, 7) is 0. The van der Waals surface area contributed by atoms with Crippen LogP contribution in [0.5, 0.6) is 0 Å². The molecule has 60 valence electrons. The van der Waals surface area contributed by atoms with Crippen LogP contribution in [0, 0.1) is 11.2 Å². The van der Waals surface area contributed by atoms with Gasteiger partial charge in [0.1, 0.15) is 0 Å². The molecule has 0 saturated heterocycles. The minimum absolute atomic E-state index is 0.311. The zero-order valence-electron chi connectivity index (χ0n) is 5.94. The molecule has 0 atom stereocenters. The van der Waals surface area contributed by atoms with Crippen molar-refractivity contribution in [1.29, 1.82) is 0 Å². The molecule has 2 heterocycles. The van der Waals surface area contributed by atoms with E-state index in [1.54, 1.807) is 0 Å². The molecule has 0 aliphatic carbocycles. The van der Waals surface area contributed by atoms with Crippen LogP contribution in [-0.4, -0.2) is 9.97 Å². The Morgan fingerprint density at radius 1 is 1.42 bits per heavy atom. The Balaban J connectivity index is 2.86. The molecule has 2 rings (SSSR count). The van der Waals surface area contributed by atoms with Crippen LogP contribution in [0.2, 0.25) is 0 Å². The molecular weight excluding hydrogens is 161 g/mol. The number of aromatic nitrogens is 3. The second-order valence-corrected chi connectivity index (χ2v) is 2.29. The lowest BCUT2D eigenvalue weighted by Crippen LogP contribution is -2.27. The van der Waals surface area contributed by atoms with Gasteiger partial charge in [0, 0.05) is 6.07 Å². The van der Waals surface area contributed by atoms with E-state index >= 15 is 0 Å². The normalized spacial score (nSPS) is 10.4. The van der Waals surface area contributed by atoms with E-state index in [0.717, 1.165) is 12.4 Å². The summed E-state index contributed by atoms with van der Waals surface area (Å²) < 4.78 is 13.1. The van der Waals surface area contributed by atoms with Crippen LogP contribution in [0.25, 0.3) is 10.9 Å². The first-order valence-electron chi connectivity index (χ1n) is 3.26. The van der Waals surface area contributed by atoms with E-state index in [9.17, 15) is 9.60 Å². The van der Waals surface area contributed by atoms with Gasteiger partial charge >= 0.3 is 0 Å². The van der Waals surface area contributed by atoms with Gasteiger partial charge in [-0.05, 0) is 0 Å². The molecule has 0 N–H and O–H groups in total. The summed E-state index contributed by atoms with van der Waals surface area (Å²) in [5.41, 5.74) is 0.311. The van der Waals surface area contributed by atoms with Gasteiger partial charge in [0.2, 0.25) is 5.95 Å². The van der Waals surface area contributed by atoms with Crippen LogP contribution in [0.4, 0.5) is 4.39 Å². The van der Waals surface area contributed by atoms with Crippen molar-refractivity contribution >= 4 is 10.9 Å². The van der Waals surface area contributed by atoms with Gasteiger partial charge in [-0.2, -0.15) is 4.39 Å². The van der Waals surface area contributed by atoms with E-state index in [2.05, 4.69) is 9.97 Å². The molecule has 2 aromatic heterocycles. The molecule has 0 saturated carbocycles. The molecule has 0 radical (unpaired) electrons. The molecule has 0 spiro atoms. The number of halogens is 1. The van der Waals surface area contributed by atoms with Crippen LogP contribution in [0.15, 0.2) is 24.8 Å². The molecule has 0 unspecified atom stereocenters. The molecular formula is C7H4FN3O. The van der Waals surface area contributed by atoms with Crippen molar-refractivity contribution in [3.05, 3.63) is 35.9 Å². The number of hydrogen-bond acceptors (Lipinski definition) is 3. The molecule has 0 bridgehead atoms. The zero-order chi connectivity index (χ0) is 8.55. The lowest BCUT2D eigenvalue weighted by molar-refractivity contribution is -0.580. The minimum Gasteiger partial charge on any atom is -0.710 e. The number of nitrogens with zero attached hydrogens (tertiary/aromatic N) is 3. The van der Waals surface area contributed by atoms with E-state index in [-0.39, 0.29) is 0 Å². The molecule has 0 aromatic carbocycles. The molecule has 2 aromatic rings. The Labute approximate surface area is 66.9 Å². The van der Waals surface area contributed by atoms with E-state index in [1.165, 1.54) is 12.4 Å². The van der Waals surface area contributed by atoms with Crippen LogP contribution in [0.1, 0.15) is 0 Å². The van der Waals surface area contributed by atoms with Gasteiger partial charge in [0.05, 0.1) is 11.6 Å². The topological polar surface area (TPSA) is 52.7 Å². The number of fused-ring (bicyclic) bond motifs is 1. The van der Waals surface area contributed by atoms with Gasteiger partial charge in [-0.25, -0.2) is 9.71 Å². The van der Waals surface area contributed by atoms with E-state index in [4.69, 9.17) is 0 Å². The summed E-state index contributed by atoms with van der Waals surface area (Å²) in [7, 11) is 0. The van der Waals surface area contributed by atoms with E-state index in [1.807, 2.05) is 0 Å². The molecule has 0 aliphatic rings. The van der Waals surface area contributed by atoms with E-state index in [0.29, 0.717) is 15.6 Å². The highest BCUT2D eigenvalue weighted by molar-refractivity contribution is 5.72. The third-order valence-corrected chi connectivity index (χ3v) is 1.50. The van der Waals surface area contributed by atoms with Crippen LogP contribution in [0.3, 0.4) is 0 Å². The SMILES string of the molecule is [O-][n+]1cncc2cc(F)ncc21. The summed E-state index contributed by atoms with van der Waals surface area (Å²) >= 11 is 0. The van der Waals surface area contributed by atoms with Crippen LogP contribution >= 0.6 is 0 Å². The largest absolute Gasteiger partial charge is 0.710 e. The Kier molecular flexibility index (Phi) is 1.36. The fourth-order valence-electron chi connectivity index (χ4n) is 0.961. The lowest BCUT2D eigenvalue weighted by atomic mass is 10.3. The maximum absolute atomic E-state index is 12.5. The smallest absolute Gasteiger partial charge is 0.289 e. The predicted molar refractivity (Wildman–Crippen MR) is 38.5 cm³/mol. The van der Waals surface area contributed by atoms with Crippen LogP contribution < -0.4 is 4.73 Å². The maximum atomic E-state index is 12.5. The molecule has 0 aliphatic heterocycles. The second-order valence-electron chi connectivity index (χ2n) is 2.29. The van der Waals surface area contributed by atoms with Crippen molar-refractivity contribution in [2.75, 3.05) is 0 Å². The highest BCUT2D eigenvalue weighted by atomic mass is 19.1. The number of hydrogen-bond donors (Lipinski definition) is 0. The summed E-state index contributed by atoms with van der Waals surface area (Å²) in [6.07, 6.45) is 3.69. The van der Waals surface area contributed by atoms with Crippen molar-refractivity contribution in [3.63, 3.8) is 0 Å². The van der Waals surface area contributed by atoms with Crippen molar-refractivity contribution < 1.29 is 9.12 Å². The first kappa shape index (κ1) is 6.90. The Morgan fingerprint density at radius 2 is 2.25 bits per heavy atom. The van der Waals surface area contributed by atoms with Crippen molar-refractivity contribution in [2.45, 2.75) is 0 Å². The molecule has 0 amide bonds. The summed E-state index contributed by atoms with van der Waals surface area (Å²) in [6, 6.07) is 1.16. The predicted octanol–water partition coefficient (Wildman–Crippen LogP) is 0.402. The van der Waals surface area contributed by atoms with Gasteiger partial charge in [-0.15, -0.1) is 0 Å².